The predicted octanol–water partition coefficient (Wildman–Crippen LogP) is 3.41. The van der Waals surface area contributed by atoms with Crippen LogP contribution in [0.4, 0.5) is 0 Å². The number of amides is 1. The molecule has 4 nitrogen and oxygen atoms in total. The van der Waals surface area contributed by atoms with Gasteiger partial charge in [0.15, 0.2) is 0 Å². The average molecular weight is 352 g/mol. The lowest BCUT2D eigenvalue weighted by molar-refractivity contribution is -0.120. The van der Waals surface area contributed by atoms with Crippen molar-refractivity contribution in [2.75, 3.05) is 13.1 Å². The number of benzene rings is 1. The van der Waals surface area contributed by atoms with E-state index >= 15 is 0 Å². The van der Waals surface area contributed by atoms with E-state index in [-0.39, 0.29) is 24.4 Å². The minimum Gasteiger partial charge on any atom is -0.346 e. The van der Waals surface area contributed by atoms with Crippen molar-refractivity contribution in [1.29, 1.82) is 0 Å². The maximum absolute atomic E-state index is 11.9. The first-order valence-electron chi connectivity index (χ1n) is 7.73. The van der Waals surface area contributed by atoms with Crippen LogP contribution in [-0.4, -0.2) is 24.0 Å². The van der Waals surface area contributed by atoms with Crippen LogP contribution in [0.25, 0.3) is 11.3 Å². The van der Waals surface area contributed by atoms with E-state index in [0.29, 0.717) is 6.54 Å². The van der Waals surface area contributed by atoms with E-state index in [4.69, 9.17) is 0 Å². The molecule has 1 aromatic carbocycles. The number of hydrogen-bond acceptors (Lipinski definition) is 4. The van der Waals surface area contributed by atoms with E-state index in [2.05, 4.69) is 15.6 Å². The summed E-state index contributed by atoms with van der Waals surface area (Å²) < 4.78 is 0. The lowest BCUT2D eigenvalue weighted by Gasteiger charge is -2.11. The molecule has 0 aliphatic heterocycles. The Morgan fingerprint density at radius 2 is 2.09 bits per heavy atom. The van der Waals surface area contributed by atoms with Crippen molar-refractivity contribution in [3.05, 3.63) is 40.7 Å². The second kappa shape index (κ2) is 8.43. The predicted molar refractivity (Wildman–Crippen MR) is 96.9 cm³/mol. The molecular formula is C17H22ClN3OS. The Hall–Kier alpha value is -1.43. The number of rotatable bonds is 7. The fourth-order valence-corrected chi connectivity index (χ4v) is 3.13. The average Bonchev–Trinajstić information content (AvgIpc) is 3.21. The fourth-order valence-electron chi connectivity index (χ4n) is 2.29. The third-order valence-electron chi connectivity index (χ3n) is 3.75. The van der Waals surface area contributed by atoms with Crippen molar-refractivity contribution in [2.45, 2.75) is 25.8 Å². The van der Waals surface area contributed by atoms with Gasteiger partial charge in [0.2, 0.25) is 5.91 Å². The maximum Gasteiger partial charge on any atom is 0.234 e. The van der Waals surface area contributed by atoms with Crippen molar-refractivity contribution in [3.63, 3.8) is 0 Å². The molecule has 1 fully saturated rings. The Balaban J connectivity index is 0.00000192. The van der Waals surface area contributed by atoms with E-state index < -0.39 is 0 Å². The van der Waals surface area contributed by atoms with Crippen LogP contribution in [0.3, 0.4) is 0 Å². The number of carbonyl (C=O) groups excluding carboxylic acids is 1. The first-order chi connectivity index (χ1) is 10.7. The normalized spacial score (nSPS) is 14.8. The summed E-state index contributed by atoms with van der Waals surface area (Å²) in [5, 5.41) is 9.19. The molecule has 2 aromatic rings. The lowest BCUT2D eigenvalue weighted by atomic mass is 10.2. The number of halogens is 1. The van der Waals surface area contributed by atoms with Gasteiger partial charge in [0.25, 0.3) is 0 Å². The summed E-state index contributed by atoms with van der Waals surface area (Å²) in [6, 6.07) is 10.0. The van der Waals surface area contributed by atoms with Gasteiger partial charge < -0.3 is 10.6 Å². The molecule has 1 saturated carbocycles. The highest BCUT2D eigenvalue weighted by atomic mass is 35.5. The molecule has 0 spiro atoms. The summed E-state index contributed by atoms with van der Waals surface area (Å²) in [6.45, 7) is 3.32. The molecule has 0 bridgehead atoms. The molecular weight excluding hydrogens is 330 g/mol. The van der Waals surface area contributed by atoms with Gasteiger partial charge in [-0.15, -0.1) is 23.7 Å². The molecule has 124 valence electrons. The van der Waals surface area contributed by atoms with E-state index in [1.165, 1.54) is 12.8 Å². The van der Waals surface area contributed by atoms with Gasteiger partial charge in [-0.25, -0.2) is 4.98 Å². The summed E-state index contributed by atoms with van der Waals surface area (Å²) in [5.41, 5.74) is 2.07. The van der Waals surface area contributed by atoms with Crippen molar-refractivity contribution in [3.8, 4) is 11.3 Å². The number of hydrogen-bond donors (Lipinski definition) is 2. The Kier molecular flexibility index (Phi) is 6.57. The van der Waals surface area contributed by atoms with Crippen LogP contribution in [0.5, 0.6) is 0 Å². The van der Waals surface area contributed by atoms with Crippen molar-refractivity contribution in [2.24, 2.45) is 5.92 Å². The molecule has 1 aliphatic rings. The highest BCUT2D eigenvalue weighted by Gasteiger charge is 2.21. The maximum atomic E-state index is 11.9. The summed E-state index contributed by atoms with van der Waals surface area (Å²) in [7, 11) is 0. The molecule has 1 heterocycles. The zero-order valence-corrected chi connectivity index (χ0v) is 14.8. The van der Waals surface area contributed by atoms with Crippen molar-refractivity contribution >= 4 is 29.7 Å². The van der Waals surface area contributed by atoms with E-state index in [1.54, 1.807) is 11.3 Å². The Bertz CT molecular complexity index is 628. The Morgan fingerprint density at radius 1 is 1.35 bits per heavy atom. The molecule has 6 heteroatoms. The van der Waals surface area contributed by atoms with Crippen LogP contribution >= 0.6 is 23.7 Å². The monoisotopic (exact) mass is 351 g/mol. The van der Waals surface area contributed by atoms with Crippen LogP contribution in [0, 0.1) is 5.92 Å². The number of nitrogens with zero attached hydrogens (tertiary/aromatic N) is 1. The SMILES string of the molecule is CC(NC(=O)CNCC1CC1)c1nc(-c2ccccc2)cs1.Cl. The first kappa shape index (κ1) is 17.9. The fraction of sp³-hybridized carbons (Fsp3) is 0.412. The number of aromatic nitrogens is 1. The summed E-state index contributed by atoms with van der Waals surface area (Å²) in [5.74, 6) is 0.822. The van der Waals surface area contributed by atoms with E-state index in [1.807, 2.05) is 42.6 Å². The molecule has 23 heavy (non-hydrogen) atoms. The molecule has 2 N–H and O–H groups in total. The topological polar surface area (TPSA) is 54.0 Å². The molecule has 0 radical (unpaired) electrons. The quantitative estimate of drug-likeness (QED) is 0.803. The lowest BCUT2D eigenvalue weighted by Crippen LogP contribution is -2.36. The van der Waals surface area contributed by atoms with Gasteiger partial charge in [0.05, 0.1) is 18.3 Å². The summed E-state index contributed by atoms with van der Waals surface area (Å²) in [4.78, 5) is 16.5. The summed E-state index contributed by atoms with van der Waals surface area (Å²) >= 11 is 1.59. The zero-order valence-electron chi connectivity index (χ0n) is 13.1. The number of carbonyl (C=O) groups is 1. The Labute approximate surface area is 147 Å². The van der Waals surface area contributed by atoms with Crippen LogP contribution in [0.2, 0.25) is 0 Å². The van der Waals surface area contributed by atoms with Gasteiger partial charge in [0.1, 0.15) is 5.01 Å². The highest BCUT2D eigenvalue weighted by Crippen LogP contribution is 2.27. The molecule has 1 amide bonds. The van der Waals surface area contributed by atoms with Gasteiger partial charge in [-0.3, -0.25) is 4.79 Å². The Morgan fingerprint density at radius 3 is 2.78 bits per heavy atom. The van der Waals surface area contributed by atoms with Gasteiger partial charge in [-0.05, 0) is 32.2 Å². The van der Waals surface area contributed by atoms with Crippen molar-refractivity contribution < 1.29 is 4.79 Å². The molecule has 1 aliphatic carbocycles. The van der Waals surface area contributed by atoms with Crippen LogP contribution in [-0.2, 0) is 4.79 Å². The minimum atomic E-state index is -0.0577. The molecule has 1 aromatic heterocycles. The minimum absolute atomic E-state index is 0. The first-order valence-corrected chi connectivity index (χ1v) is 8.61. The van der Waals surface area contributed by atoms with Crippen LogP contribution in [0.15, 0.2) is 35.7 Å². The standard InChI is InChI=1S/C17H21N3OS.ClH/c1-12(19-16(21)10-18-9-13-7-8-13)17-20-15(11-22-17)14-5-3-2-4-6-14;/h2-6,11-13,18H,7-10H2,1H3,(H,19,21);1H. The third-order valence-corrected chi connectivity index (χ3v) is 4.78. The molecule has 0 saturated heterocycles. The molecule has 1 atom stereocenters. The van der Waals surface area contributed by atoms with Gasteiger partial charge in [-0.2, -0.15) is 0 Å². The highest BCUT2D eigenvalue weighted by molar-refractivity contribution is 7.10. The van der Waals surface area contributed by atoms with E-state index in [0.717, 1.165) is 28.7 Å². The second-order valence-electron chi connectivity index (χ2n) is 5.80. The number of thiazole rings is 1. The van der Waals surface area contributed by atoms with Crippen LogP contribution < -0.4 is 10.6 Å². The van der Waals surface area contributed by atoms with Crippen LogP contribution in [0.1, 0.15) is 30.8 Å². The largest absolute Gasteiger partial charge is 0.346 e. The second-order valence-corrected chi connectivity index (χ2v) is 6.69. The van der Waals surface area contributed by atoms with Gasteiger partial charge in [0, 0.05) is 10.9 Å². The van der Waals surface area contributed by atoms with Crippen molar-refractivity contribution in [1.82, 2.24) is 15.6 Å². The molecule has 3 rings (SSSR count). The third kappa shape index (κ3) is 5.30. The number of nitrogens with one attached hydrogen (secondary N) is 2. The zero-order chi connectivity index (χ0) is 15.4. The molecule has 1 unspecified atom stereocenters. The summed E-state index contributed by atoms with van der Waals surface area (Å²) in [6.07, 6.45) is 2.60. The van der Waals surface area contributed by atoms with Gasteiger partial charge >= 0.3 is 0 Å². The smallest absolute Gasteiger partial charge is 0.234 e. The van der Waals surface area contributed by atoms with E-state index in [9.17, 15) is 4.79 Å². The van der Waals surface area contributed by atoms with Gasteiger partial charge in [-0.1, -0.05) is 30.3 Å².